The van der Waals surface area contributed by atoms with Gasteiger partial charge in [0.2, 0.25) is 0 Å². The quantitative estimate of drug-likeness (QED) is 0.313. The second-order valence-corrected chi connectivity index (χ2v) is 6.89. The first-order chi connectivity index (χ1) is 11.1. The lowest BCUT2D eigenvalue weighted by Gasteiger charge is -2.21. The van der Waals surface area contributed by atoms with Crippen LogP contribution in [0.1, 0.15) is 20.3 Å². The van der Waals surface area contributed by atoms with Crippen LogP contribution in [0.25, 0.3) is 0 Å². The van der Waals surface area contributed by atoms with Crippen LogP contribution in [0.4, 0.5) is 5.69 Å². The van der Waals surface area contributed by atoms with Gasteiger partial charge in [0.15, 0.2) is 5.96 Å². The van der Waals surface area contributed by atoms with E-state index in [0.717, 1.165) is 36.5 Å². The van der Waals surface area contributed by atoms with E-state index in [1.807, 2.05) is 13.0 Å². The van der Waals surface area contributed by atoms with Gasteiger partial charge in [0, 0.05) is 43.3 Å². The summed E-state index contributed by atoms with van der Waals surface area (Å²) in [6.07, 6.45) is 1.08. The molecule has 3 N–H and O–H groups in total. The number of nitrogens with one attached hydrogen (secondary N) is 2. The lowest BCUT2D eigenvalue weighted by Crippen LogP contribution is -2.44. The summed E-state index contributed by atoms with van der Waals surface area (Å²) in [5, 5.41) is 15.9. The SMILES string of the molecule is CCNC(=NCC(C)CO)NC1CCN(c2ccccc2Br)C1.I. The molecule has 5 nitrogen and oxygen atoms in total. The Morgan fingerprint density at radius 1 is 1.46 bits per heavy atom. The monoisotopic (exact) mass is 510 g/mol. The number of anilines is 1. The minimum Gasteiger partial charge on any atom is -0.396 e. The number of hydrogen-bond donors (Lipinski definition) is 3. The van der Waals surface area contributed by atoms with Crippen LogP contribution < -0.4 is 15.5 Å². The van der Waals surface area contributed by atoms with Gasteiger partial charge in [-0.1, -0.05) is 19.1 Å². The first kappa shape index (κ1) is 21.5. The maximum absolute atomic E-state index is 9.13. The van der Waals surface area contributed by atoms with Gasteiger partial charge in [-0.15, -0.1) is 24.0 Å². The van der Waals surface area contributed by atoms with Gasteiger partial charge in [-0.3, -0.25) is 4.99 Å². The molecule has 1 aliphatic rings. The van der Waals surface area contributed by atoms with Crippen molar-refractivity contribution in [3.05, 3.63) is 28.7 Å². The van der Waals surface area contributed by atoms with Crippen LogP contribution in [-0.4, -0.2) is 49.9 Å². The molecule has 1 heterocycles. The van der Waals surface area contributed by atoms with Crippen molar-refractivity contribution in [3.8, 4) is 0 Å². The fourth-order valence-electron chi connectivity index (χ4n) is 2.62. The van der Waals surface area contributed by atoms with Gasteiger partial charge in [-0.25, -0.2) is 0 Å². The number of aliphatic imine (C=N–C) groups is 1. The smallest absolute Gasteiger partial charge is 0.191 e. The van der Waals surface area contributed by atoms with Crippen LogP contribution in [0, 0.1) is 5.92 Å². The number of aliphatic hydroxyl groups excluding tert-OH is 1. The number of guanidine groups is 1. The zero-order valence-corrected chi connectivity index (χ0v) is 18.3. The highest BCUT2D eigenvalue weighted by Crippen LogP contribution is 2.28. The summed E-state index contributed by atoms with van der Waals surface area (Å²) in [7, 11) is 0. The maximum atomic E-state index is 9.13. The van der Waals surface area contributed by atoms with Crippen LogP contribution in [0.2, 0.25) is 0 Å². The van der Waals surface area contributed by atoms with Gasteiger partial charge >= 0.3 is 0 Å². The molecule has 1 aromatic rings. The Morgan fingerprint density at radius 2 is 2.21 bits per heavy atom. The molecule has 1 aliphatic heterocycles. The van der Waals surface area contributed by atoms with E-state index >= 15 is 0 Å². The third-order valence-electron chi connectivity index (χ3n) is 3.94. The maximum Gasteiger partial charge on any atom is 0.191 e. The molecule has 0 radical (unpaired) electrons. The summed E-state index contributed by atoms with van der Waals surface area (Å²) in [5.41, 5.74) is 1.24. The van der Waals surface area contributed by atoms with Gasteiger partial charge in [0.05, 0.1) is 5.69 Å². The van der Waals surface area contributed by atoms with E-state index in [-0.39, 0.29) is 36.5 Å². The van der Waals surface area contributed by atoms with E-state index < -0.39 is 0 Å². The highest BCUT2D eigenvalue weighted by molar-refractivity contribution is 14.0. The van der Waals surface area contributed by atoms with Crippen molar-refractivity contribution in [3.63, 3.8) is 0 Å². The average Bonchev–Trinajstić information content (AvgIpc) is 3.01. The van der Waals surface area contributed by atoms with Crippen molar-refractivity contribution < 1.29 is 5.11 Å². The molecule has 0 saturated carbocycles. The fourth-order valence-corrected chi connectivity index (χ4v) is 3.16. The molecule has 24 heavy (non-hydrogen) atoms. The van der Waals surface area contributed by atoms with Gasteiger partial charge in [0.1, 0.15) is 0 Å². The molecule has 0 aliphatic carbocycles. The number of aliphatic hydroxyl groups is 1. The molecule has 0 bridgehead atoms. The lowest BCUT2D eigenvalue weighted by molar-refractivity contribution is 0.241. The molecule has 1 fully saturated rings. The molecule has 0 amide bonds. The van der Waals surface area contributed by atoms with Crippen molar-refractivity contribution in [1.82, 2.24) is 10.6 Å². The fraction of sp³-hybridized carbons (Fsp3) is 0.588. The first-order valence-electron chi connectivity index (χ1n) is 8.29. The summed E-state index contributed by atoms with van der Waals surface area (Å²) in [4.78, 5) is 6.96. The zero-order valence-electron chi connectivity index (χ0n) is 14.3. The second kappa shape index (κ2) is 11.1. The predicted octanol–water partition coefficient (Wildman–Crippen LogP) is 2.83. The van der Waals surface area contributed by atoms with Gasteiger partial charge in [0.25, 0.3) is 0 Å². The van der Waals surface area contributed by atoms with Crippen LogP contribution in [-0.2, 0) is 0 Å². The molecule has 2 atom stereocenters. The third kappa shape index (κ3) is 6.40. The Morgan fingerprint density at radius 3 is 2.88 bits per heavy atom. The van der Waals surface area contributed by atoms with E-state index in [0.29, 0.717) is 12.6 Å². The minimum atomic E-state index is 0. The molecule has 0 spiro atoms. The topological polar surface area (TPSA) is 59.9 Å². The summed E-state index contributed by atoms with van der Waals surface area (Å²) >= 11 is 3.63. The van der Waals surface area contributed by atoms with E-state index in [9.17, 15) is 0 Å². The predicted molar refractivity (Wildman–Crippen MR) is 116 cm³/mol. The summed E-state index contributed by atoms with van der Waals surface area (Å²) in [5.74, 6) is 1.03. The van der Waals surface area contributed by atoms with Gasteiger partial charge in [-0.05, 0) is 47.3 Å². The van der Waals surface area contributed by atoms with Crippen LogP contribution in [0.15, 0.2) is 33.7 Å². The Hall–Kier alpha value is -0.540. The second-order valence-electron chi connectivity index (χ2n) is 6.03. The molecule has 7 heteroatoms. The Bertz CT molecular complexity index is 529. The van der Waals surface area contributed by atoms with Crippen molar-refractivity contribution in [1.29, 1.82) is 0 Å². The molecule has 0 aromatic heterocycles. The zero-order chi connectivity index (χ0) is 16.7. The van der Waals surface area contributed by atoms with Crippen molar-refractivity contribution in [2.75, 3.05) is 37.7 Å². The molecular formula is C17H28BrIN4O. The molecule has 2 unspecified atom stereocenters. The average molecular weight is 511 g/mol. The summed E-state index contributed by atoms with van der Waals surface area (Å²) in [6.45, 7) is 7.69. The van der Waals surface area contributed by atoms with Crippen LogP contribution in [0.5, 0.6) is 0 Å². The van der Waals surface area contributed by atoms with E-state index in [1.165, 1.54) is 5.69 Å². The van der Waals surface area contributed by atoms with Gasteiger partial charge in [-0.2, -0.15) is 0 Å². The number of para-hydroxylation sites is 1. The number of halogens is 2. The van der Waals surface area contributed by atoms with Crippen LogP contribution in [0.3, 0.4) is 0 Å². The van der Waals surface area contributed by atoms with Crippen molar-refractivity contribution >= 4 is 51.6 Å². The first-order valence-corrected chi connectivity index (χ1v) is 9.08. The van der Waals surface area contributed by atoms with E-state index in [2.05, 4.69) is 61.6 Å². The number of nitrogens with zero attached hydrogens (tertiary/aromatic N) is 2. The van der Waals surface area contributed by atoms with Crippen molar-refractivity contribution in [2.24, 2.45) is 10.9 Å². The minimum absolute atomic E-state index is 0. The molecule has 2 rings (SSSR count). The standard InChI is InChI=1S/C17H27BrN4O.HI/c1-3-19-17(20-10-13(2)12-23)21-14-8-9-22(11-14)16-7-5-4-6-15(16)18;/h4-7,13-14,23H,3,8-12H2,1-2H3,(H2,19,20,21);1H. The third-order valence-corrected chi connectivity index (χ3v) is 4.61. The number of hydrogen-bond acceptors (Lipinski definition) is 3. The number of benzene rings is 1. The molecule has 1 aromatic carbocycles. The molecule has 136 valence electrons. The Kier molecular flexibility index (Phi) is 9.99. The lowest BCUT2D eigenvalue weighted by atomic mass is 10.2. The van der Waals surface area contributed by atoms with Crippen LogP contribution >= 0.6 is 39.9 Å². The largest absolute Gasteiger partial charge is 0.396 e. The molecular weight excluding hydrogens is 483 g/mol. The summed E-state index contributed by atoms with van der Waals surface area (Å²) < 4.78 is 1.14. The highest BCUT2D eigenvalue weighted by atomic mass is 127. The van der Waals surface area contributed by atoms with E-state index in [1.54, 1.807) is 0 Å². The Balaban J connectivity index is 0.00000288. The summed E-state index contributed by atoms with van der Waals surface area (Å²) in [6, 6.07) is 8.72. The van der Waals surface area contributed by atoms with E-state index in [4.69, 9.17) is 5.11 Å². The van der Waals surface area contributed by atoms with Crippen molar-refractivity contribution in [2.45, 2.75) is 26.3 Å². The van der Waals surface area contributed by atoms with Gasteiger partial charge < -0.3 is 20.6 Å². The normalized spacial score (nSPS) is 18.9. The highest BCUT2D eigenvalue weighted by Gasteiger charge is 2.24. The Labute approximate surface area is 170 Å². The molecule has 1 saturated heterocycles. The number of rotatable bonds is 6.